The Morgan fingerprint density at radius 2 is 2.20 bits per heavy atom. The van der Waals surface area contributed by atoms with Gasteiger partial charge in [-0.25, -0.2) is 18.3 Å². The first-order valence-corrected chi connectivity index (χ1v) is 11.7. The second-order valence-corrected chi connectivity index (χ2v) is 9.80. The van der Waals surface area contributed by atoms with E-state index in [1.54, 1.807) is 18.5 Å². The van der Waals surface area contributed by atoms with Crippen molar-refractivity contribution in [3.05, 3.63) is 47.9 Å². The standard InChI is InChI=1S/C24H26F2N6O3/c1-24(13-33)8-14-5-18(29-23(34)17-9-28-32-4-2-3-27-22(17)32)19(7-20(14)35-24)31-11-15-6-16(31)10-30(15)12-21(25)26/h2-5,7,9,15-16,21,33H,6,8,10-13H2,1H3,(H,29,34)/t15-,16-,24?/m1/s1. The van der Waals surface area contributed by atoms with Gasteiger partial charge in [0.2, 0.25) is 0 Å². The Bertz CT molecular complexity index is 1300. The number of hydrogen-bond donors (Lipinski definition) is 2. The summed E-state index contributed by atoms with van der Waals surface area (Å²) in [5.41, 5.74) is 2.36. The van der Waals surface area contributed by atoms with Crippen LogP contribution in [0, 0.1) is 0 Å². The molecule has 3 atom stereocenters. The van der Waals surface area contributed by atoms with Gasteiger partial charge in [-0.1, -0.05) is 0 Å². The number of carbonyl (C=O) groups excluding carboxylic acids is 1. The molecule has 0 spiro atoms. The summed E-state index contributed by atoms with van der Waals surface area (Å²) in [4.78, 5) is 21.6. The molecule has 11 heteroatoms. The maximum absolute atomic E-state index is 13.3. The zero-order valence-corrected chi connectivity index (χ0v) is 19.2. The SMILES string of the molecule is CC1(CO)Cc2cc(NC(=O)c3cnn4cccnc34)c(N3C[C@H]4C[C@@H]3CN4CC(F)F)cc2O1. The maximum Gasteiger partial charge on any atom is 0.261 e. The number of carbonyl (C=O) groups is 1. The van der Waals surface area contributed by atoms with Crippen molar-refractivity contribution < 1.29 is 23.4 Å². The van der Waals surface area contributed by atoms with Crippen LogP contribution in [0.2, 0.25) is 0 Å². The van der Waals surface area contributed by atoms with Crippen LogP contribution in [-0.2, 0) is 6.42 Å². The molecule has 5 heterocycles. The van der Waals surface area contributed by atoms with Gasteiger partial charge in [0.15, 0.2) is 5.65 Å². The Morgan fingerprint density at radius 1 is 1.34 bits per heavy atom. The molecule has 2 N–H and O–H groups in total. The van der Waals surface area contributed by atoms with Gasteiger partial charge in [0, 0.05) is 55.6 Å². The van der Waals surface area contributed by atoms with Gasteiger partial charge in [-0.15, -0.1) is 0 Å². The highest BCUT2D eigenvalue weighted by Crippen LogP contribution is 2.45. The molecule has 0 aliphatic carbocycles. The topological polar surface area (TPSA) is 95.2 Å². The molecule has 1 amide bonds. The number of rotatable bonds is 6. The van der Waals surface area contributed by atoms with E-state index in [0.717, 1.165) is 17.7 Å². The third kappa shape index (κ3) is 3.79. The quantitative estimate of drug-likeness (QED) is 0.554. The van der Waals surface area contributed by atoms with Crippen LogP contribution in [0.5, 0.6) is 5.75 Å². The summed E-state index contributed by atoms with van der Waals surface area (Å²) in [5.74, 6) is 0.326. The van der Waals surface area contributed by atoms with Gasteiger partial charge in [0.1, 0.15) is 16.9 Å². The molecule has 9 nitrogen and oxygen atoms in total. The average Bonchev–Trinajstić information content (AvgIpc) is 3.59. The lowest BCUT2D eigenvalue weighted by molar-refractivity contribution is 0.0447. The van der Waals surface area contributed by atoms with Gasteiger partial charge >= 0.3 is 0 Å². The molecule has 2 fully saturated rings. The van der Waals surface area contributed by atoms with Crippen LogP contribution < -0.4 is 15.0 Å². The van der Waals surface area contributed by atoms with E-state index in [2.05, 4.69) is 20.3 Å². The molecule has 35 heavy (non-hydrogen) atoms. The Balaban J connectivity index is 1.33. The maximum atomic E-state index is 13.3. The molecular formula is C24H26F2N6O3. The van der Waals surface area contributed by atoms with Crippen LogP contribution in [0.15, 0.2) is 36.8 Å². The van der Waals surface area contributed by atoms with Crippen molar-refractivity contribution in [3.63, 3.8) is 0 Å². The molecular weight excluding hydrogens is 458 g/mol. The summed E-state index contributed by atoms with van der Waals surface area (Å²) in [6.07, 6.45) is 3.75. The Labute approximate surface area is 200 Å². The second kappa shape index (κ2) is 8.13. The van der Waals surface area contributed by atoms with Crippen molar-refractivity contribution in [2.45, 2.75) is 43.9 Å². The smallest absolute Gasteiger partial charge is 0.261 e. The van der Waals surface area contributed by atoms with E-state index in [9.17, 15) is 18.7 Å². The summed E-state index contributed by atoms with van der Waals surface area (Å²) < 4.78 is 33.6. The van der Waals surface area contributed by atoms with E-state index >= 15 is 0 Å². The normalized spacial score (nSPS) is 25.5. The zero-order valence-electron chi connectivity index (χ0n) is 19.2. The predicted octanol–water partition coefficient (Wildman–Crippen LogP) is 2.20. The van der Waals surface area contributed by atoms with Crippen LogP contribution in [0.3, 0.4) is 0 Å². The number of nitrogens with one attached hydrogen (secondary N) is 1. The second-order valence-electron chi connectivity index (χ2n) is 9.80. The van der Waals surface area contributed by atoms with Gasteiger partial charge in [0.05, 0.1) is 30.7 Å². The van der Waals surface area contributed by atoms with Crippen LogP contribution in [-0.4, -0.2) is 80.9 Å². The Hall–Kier alpha value is -3.31. The average molecular weight is 485 g/mol. The number of aromatic nitrogens is 3. The van der Waals surface area contributed by atoms with Crippen LogP contribution >= 0.6 is 0 Å². The molecule has 6 rings (SSSR count). The molecule has 2 saturated heterocycles. The largest absolute Gasteiger partial charge is 0.484 e. The van der Waals surface area contributed by atoms with Crippen LogP contribution in [0.1, 0.15) is 29.3 Å². The number of amides is 1. The summed E-state index contributed by atoms with van der Waals surface area (Å²) in [6, 6.07) is 5.64. The monoisotopic (exact) mass is 484 g/mol. The predicted molar refractivity (Wildman–Crippen MR) is 124 cm³/mol. The van der Waals surface area contributed by atoms with Crippen molar-refractivity contribution in [1.29, 1.82) is 0 Å². The molecule has 3 aliphatic heterocycles. The number of anilines is 2. The van der Waals surface area contributed by atoms with Crippen molar-refractivity contribution in [2.24, 2.45) is 0 Å². The van der Waals surface area contributed by atoms with Gasteiger partial charge < -0.3 is 20.1 Å². The van der Waals surface area contributed by atoms with E-state index in [0.29, 0.717) is 42.2 Å². The first-order valence-electron chi connectivity index (χ1n) is 11.7. The Morgan fingerprint density at radius 3 is 2.94 bits per heavy atom. The number of halogens is 2. The van der Waals surface area contributed by atoms with E-state index in [4.69, 9.17) is 4.74 Å². The van der Waals surface area contributed by atoms with Gasteiger partial charge in [-0.05, 0) is 25.5 Å². The first kappa shape index (κ1) is 22.2. The van der Waals surface area contributed by atoms with Crippen molar-refractivity contribution in [2.75, 3.05) is 36.5 Å². The molecule has 3 aliphatic rings. The molecule has 2 bridgehead atoms. The molecule has 184 valence electrons. The first-order chi connectivity index (χ1) is 16.8. The van der Waals surface area contributed by atoms with E-state index < -0.39 is 12.0 Å². The summed E-state index contributed by atoms with van der Waals surface area (Å²) in [6.45, 7) is 2.63. The summed E-state index contributed by atoms with van der Waals surface area (Å²) in [7, 11) is 0. The third-order valence-corrected chi connectivity index (χ3v) is 7.24. The molecule has 0 saturated carbocycles. The minimum atomic E-state index is -2.36. The number of likely N-dealkylation sites (tertiary alicyclic amines) is 1. The minimum Gasteiger partial charge on any atom is -0.484 e. The van der Waals surface area contributed by atoms with E-state index in [1.165, 1.54) is 10.7 Å². The number of aliphatic hydroxyl groups is 1. The van der Waals surface area contributed by atoms with Crippen molar-refractivity contribution >= 4 is 22.9 Å². The van der Waals surface area contributed by atoms with Crippen LogP contribution in [0.4, 0.5) is 20.2 Å². The lowest BCUT2D eigenvalue weighted by Gasteiger charge is -2.36. The fourth-order valence-electron chi connectivity index (χ4n) is 5.60. The highest BCUT2D eigenvalue weighted by atomic mass is 19.3. The van der Waals surface area contributed by atoms with Crippen molar-refractivity contribution in [1.82, 2.24) is 19.5 Å². The zero-order chi connectivity index (χ0) is 24.3. The van der Waals surface area contributed by atoms with Gasteiger partial charge in [0.25, 0.3) is 12.3 Å². The molecule has 1 unspecified atom stereocenters. The minimum absolute atomic E-state index is 0.0400. The molecule has 2 aromatic heterocycles. The number of nitrogens with zero attached hydrogens (tertiary/aromatic N) is 5. The van der Waals surface area contributed by atoms with Crippen LogP contribution in [0.25, 0.3) is 5.65 Å². The van der Waals surface area contributed by atoms with Crippen molar-refractivity contribution in [3.8, 4) is 5.75 Å². The molecule has 0 radical (unpaired) electrons. The lowest BCUT2D eigenvalue weighted by atomic mass is 9.99. The number of fused-ring (bicyclic) bond motifs is 4. The lowest BCUT2D eigenvalue weighted by Crippen LogP contribution is -2.48. The highest BCUT2D eigenvalue weighted by Gasteiger charge is 2.45. The van der Waals surface area contributed by atoms with E-state index in [-0.39, 0.29) is 31.1 Å². The third-order valence-electron chi connectivity index (χ3n) is 7.24. The van der Waals surface area contributed by atoms with Gasteiger partial charge in [-0.3, -0.25) is 9.69 Å². The summed E-state index contributed by atoms with van der Waals surface area (Å²) in [5, 5.41) is 17.1. The summed E-state index contributed by atoms with van der Waals surface area (Å²) >= 11 is 0. The number of piperazine rings is 1. The molecule has 1 aromatic carbocycles. The fourth-order valence-corrected chi connectivity index (χ4v) is 5.60. The number of hydrogen-bond acceptors (Lipinski definition) is 7. The fraction of sp³-hybridized carbons (Fsp3) is 0.458. The number of ether oxygens (including phenoxy) is 1. The van der Waals surface area contributed by atoms with E-state index in [1.807, 2.05) is 24.0 Å². The molecule has 3 aromatic rings. The number of alkyl halides is 2. The number of aliphatic hydroxyl groups excluding tert-OH is 1. The Kier molecular flexibility index (Phi) is 5.15. The number of benzene rings is 1. The van der Waals surface area contributed by atoms with Gasteiger partial charge in [-0.2, -0.15) is 5.10 Å². The highest BCUT2D eigenvalue weighted by molar-refractivity contribution is 6.09.